The topological polar surface area (TPSA) is 99.8 Å². The van der Waals surface area contributed by atoms with Crippen molar-refractivity contribution in [3.8, 4) is 0 Å². The van der Waals surface area contributed by atoms with Gasteiger partial charge >= 0.3 is 0 Å². The molecule has 0 spiro atoms. The maximum absolute atomic E-state index is 12.6. The highest BCUT2D eigenvalue weighted by atomic mass is 32.1. The van der Waals surface area contributed by atoms with E-state index in [1.54, 1.807) is 6.20 Å². The first-order valence-corrected chi connectivity index (χ1v) is 8.50. The van der Waals surface area contributed by atoms with Crippen LogP contribution in [0.3, 0.4) is 0 Å². The number of amides is 2. The minimum absolute atomic E-state index is 0.0421. The van der Waals surface area contributed by atoms with Crippen LogP contribution in [0.15, 0.2) is 30.5 Å². The zero-order chi connectivity index (χ0) is 18.7. The standard InChI is InChI=1S/C16H15F2N5O2S/c1-8(24)20-12(6-9-7-19-11-5-3-2-4-10(9)11)14(25)21-16-23-22-15(26-16)13(17)18/h2-5,7,12-13,19H,6H2,1H3,(H,20,24)(H,21,23,25). The maximum Gasteiger partial charge on any atom is 0.291 e. The monoisotopic (exact) mass is 379 g/mol. The van der Waals surface area contributed by atoms with E-state index in [1.807, 2.05) is 24.3 Å². The Hall–Kier alpha value is -2.88. The Kier molecular flexibility index (Phi) is 5.21. The van der Waals surface area contributed by atoms with Crippen LogP contribution in [0, 0.1) is 0 Å². The second kappa shape index (κ2) is 7.56. The molecule has 7 nitrogen and oxygen atoms in total. The van der Waals surface area contributed by atoms with Gasteiger partial charge in [-0.1, -0.05) is 29.5 Å². The quantitative estimate of drug-likeness (QED) is 0.613. The van der Waals surface area contributed by atoms with Crippen LogP contribution in [0.25, 0.3) is 10.9 Å². The number of hydrogen-bond donors (Lipinski definition) is 3. The number of hydrogen-bond acceptors (Lipinski definition) is 5. The lowest BCUT2D eigenvalue weighted by Crippen LogP contribution is -2.44. The van der Waals surface area contributed by atoms with Gasteiger partial charge in [0.25, 0.3) is 6.43 Å². The van der Waals surface area contributed by atoms with Crippen LogP contribution >= 0.6 is 11.3 Å². The van der Waals surface area contributed by atoms with Crippen molar-refractivity contribution in [1.82, 2.24) is 20.5 Å². The van der Waals surface area contributed by atoms with Crippen LogP contribution in [-0.2, 0) is 16.0 Å². The molecule has 0 saturated heterocycles. The van der Waals surface area contributed by atoms with E-state index in [2.05, 4.69) is 25.8 Å². The average Bonchev–Trinajstić information content (AvgIpc) is 3.21. The van der Waals surface area contributed by atoms with E-state index in [9.17, 15) is 18.4 Å². The number of halogens is 2. The number of carbonyl (C=O) groups excluding carboxylic acids is 2. The number of aromatic nitrogens is 3. The molecule has 1 unspecified atom stereocenters. The molecule has 26 heavy (non-hydrogen) atoms. The predicted octanol–water partition coefficient (Wildman–Crippen LogP) is 2.64. The van der Waals surface area contributed by atoms with Crippen LogP contribution in [-0.4, -0.2) is 33.0 Å². The minimum Gasteiger partial charge on any atom is -0.361 e. The number of carbonyl (C=O) groups is 2. The third kappa shape index (κ3) is 4.02. The van der Waals surface area contributed by atoms with Crippen molar-refractivity contribution >= 4 is 39.2 Å². The molecule has 0 aliphatic rings. The van der Waals surface area contributed by atoms with Gasteiger partial charge in [-0.3, -0.25) is 14.9 Å². The van der Waals surface area contributed by atoms with Crippen molar-refractivity contribution in [2.45, 2.75) is 25.8 Å². The van der Waals surface area contributed by atoms with Gasteiger partial charge in [0.2, 0.25) is 16.9 Å². The normalized spacial score (nSPS) is 12.3. The van der Waals surface area contributed by atoms with Gasteiger partial charge in [0.1, 0.15) is 6.04 Å². The maximum atomic E-state index is 12.6. The van der Waals surface area contributed by atoms with Crippen LogP contribution < -0.4 is 10.6 Å². The fourth-order valence-corrected chi connectivity index (χ4v) is 3.14. The molecule has 0 bridgehead atoms. The van der Waals surface area contributed by atoms with E-state index >= 15 is 0 Å². The van der Waals surface area contributed by atoms with Crippen molar-refractivity contribution in [2.75, 3.05) is 5.32 Å². The number of benzene rings is 1. The molecular weight excluding hydrogens is 364 g/mol. The molecule has 10 heteroatoms. The van der Waals surface area contributed by atoms with Crippen molar-refractivity contribution in [3.05, 3.63) is 41.0 Å². The molecule has 1 aromatic carbocycles. The van der Waals surface area contributed by atoms with Crippen LogP contribution in [0.4, 0.5) is 13.9 Å². The summed E-state index contributed by atoms with van der Waals surface area (Å²) in [7, 11) is 0. The summed E-state index contributed by atoms with van der Waals surface area (Å²) in [5.74, 6) is -0.932. The van der Waals surface area contributed by atoms with E-state index in [0.717, 1.165) is 16.5 Å². The average molecular weight is 379 g/mol. The Balaban J connectivity index is 1.78. The Bertz CT molecular complexity index is 940. The third-order valence-corrected chi connectivity index (χ3v) is 4.50. The number of anilines is 1. The summed E-state index contributed by atoms with van der Waals surface area (Å²) in [6.45, 7) is 1.30. The molecule has 0 aliphatic heterocycles. The molecule has 2 amide bonds. The second-order valence-corrected chi connectivity index (χ2v) is 6.56. The summed E-state index contributed by atoms with van der Waals surface area (Å²) in [5.41, 5.74) is 1.76. The number of rotatable bonds is 6. The molecule has 3 rings (SSSR count). The Morgan fingerprint density at radius 1 is 1.27 bits per heavy atom. The first-order chi connectivity index (χ1) is 12.4. The fraction of sp³-hybridized carbons (Fsp3) is 0.250. The van der Waals surface area contributed by atoms with E-state index in [-0.39, 0.29) is 17.5 Å². The zero-order valence-electron chi connectivity index (χ0n) is 13.6. The van der Waals surface area contributed by atoms with Gasteiger partial charge in [0.15, 0.2) is 5.01 Å². The fourth-order valence-electron chi connectivity index (χ4n) is 2.54. The number of fused-ring (bicyclic) bond motifs is 1. The van der Waals surface area contributed by atoms with Gasteiger partial charge in [-0.05, 0) is 11.6 Å². The number of para-hydroxylation sites is 1. The predicted molar refractivity (Wildman–Crippen MR) is 93.1 cm³/mol. The molecule has 0 saturated carbocycles. The third-order valence-electron chi connectivity index (χ3n) is 3.65. The smallest absolute Gasteiger partial charge is 0.291 e. The SMILES string of the molecule is CC(=O)NC(Cc1c[nH]c2ccccc12)C(=O)Nc1nnc(C(F)F)s1. The highest BCUT2D eigenvalue weighted by Crippen LogP contribution is 2.25. The molecule has 1 atom stereocenters. The van der Waals surface area contributed by atoms with Gasteiger partial charge < -0.3 is 10.3 Å². The van der Waals surface area contributed by atoms with Crippen molar-refractivity contribution in [1.29, 1.82) is 0 Å². The molecule has 0 radical (unpaired) electrons. The second-order valence-electron chi connectivity index (χ2n) is 5.55. The summed E-state index contributed by atoms with van der Waals surface area (Å²) in [6, 6.07) is 6.69. The molecule has 0 fully saturated rings. The molecule has 2 heterocycles. The van der Waals surface area contributed by atoms with Crippen LogP contribution in [0.1, 0.15) is 23.9 Å². The van der Waals surface area contributed by atoms with Gasteiger partial charge in [-0.2, -0.15) is 0 Å². The lowest BCUT2D eigenvalue weighted by atomic mass is 10.0. The first-order valence-electron chi connectivity index (χ1n) is 7.68. The lowest BCUT2D eigenvalue weighted by Gasteiger charge is -2.16. The highest BCUT2D eigenvalue weighted by molar-refractivity contribution is 7.15. The summed E-state index contributed by atoms with van der Waals surface area (Å²) >= 11 is 0.593. The highest BCUT2D eigenvalue weighted by Gasteiger charge is 2.23. The molecule has 136 valence electrons. The van der Waals surface area contributed by atoms with Crippen molar-refractivity contribution < 1.29 is 18.4 Å². The van der Waals surface area contributed by atoms with E-state index < -0.39 is 23.4 Å². The number of aromatic amines is 1. The summed E-state index contributed by atoms with van der Waals surface area (Å²) < 4.78 is 25.2. The molecule has 0 aliphatic carbocycles. The molecular formula is C16H15F2N5O2S. The summed E-state index contributed by atoms with van der Waals surface area (Å²) in [4.78, 5) is 27.1. The Morgan fingerprint density at radius 3 is 2.73 bits per heavy atom. The first kappa shape index (κ1) is 17.9. The number of nitrogens with zero attached hydrogens (tertiary/aromatic N) is 2. The Morgan fingerprint density at radius 2 is 2.04 bits per heavy atom. The van der Waals surface area contributed by atoms with Gasteiger partial charge in [-0.25, -0.2) is 8.78 Å². The van der Waals surface area contributed by atoms with Gasteiger partial charge in [0.05, 0.1) is 0 Å². The largest absolute Gasteiger partial charge is 0.361 e. The van der Waals surface area contributed by atoms with Crippen molar-refractivity contribution in [3.63, 3.8) is 0 Å². The zero-order valence-corrected chi connectivity index (χ0v) is 14.4. The lowest BCUT2D eigenvalue weighted by molar-refractivity contribution is -0.125. The van der Waals surface area contributed by atoms with Crippen molar-refractivity contribution in [2.24, 2.45) is 0 Å². The molecule has 3 N–H and O–H groups in total. The Labute approximate surface area is 150 Å². The van der Waals surface area contributed by atoms with Crippen LogP contribution in [0.2, 0.25) is 0 Å². The van der Waals surface area contributed by atoms with Crippen LogP contribution in [0.5, 0.6) is 0 Å². The van der Waals surface area contributed by atoms with E-state index in [1.165, 1.54) is 6.92 Å². The van der Waals surface area contributed by atoms with Gasteiger partial charge in [-0.15, -0.1) is 10.2 Å². The number of alkyl halides is 2. The number of H-pyrrole nitrogens is 1. The van der Waals surface area contributed by atoms with E-state index in [0.29, 0.717) is 11.3 Å². The molecule has 3 aromatic rings. The summed E-state index contributed by atoms with van der Waals surface area (Å²) in [6.07, 6.45) is -0.752. The molecule has 2 aromatic heterocycles. The number of nitrogens with one attached hydrogen (secondary N) is 3. The minimum atomic E-state index is -2.75. The van der Waals surface area contributed by atoms with E-state index in [4.69, 9.17) is 0 Å². The summed E-state index contributed by atoms with van der Waals surface area (Å²) in [5, 5.41) is 12.3. The van der Waals surface area contributed by atoms with Gasteiger partial charge in [0, 0.05) is 30.4 Å².